The summed E-state index contributed by atoms with van der Waals surface area (Å²) in [5.74, 6) is 0.598. The maximum Gasteiger partial charge on any atom is 0.331 e. The van der Waals surface area contributed by atoms with Crippen LogP contribution in [0.25, 0.3) is 18.2 Å². The van der Waals surface area contributed by atoms with Crippen LogP contribution in [0.4, 0.5) is 30.6 Å². The van der Waals surface area contributed by atoms with Gasteiger partial charge in [-0.05, 0) is 215 Å². The van der Waals surface area contributed by atoms with Gasteiger partial charge in [-0.2, -0.15) is 37.4 Å². The second-order valence-electron chi connectivity index (χ2n) is 27.6. The summed E-state index contributed by atoms with van der Waals surface area (Å²) in [6, 6.07) is 44.8. The highest BCUT2D eigenvalue weighted by Crippen LogP contribution is 2.33. The van der Waals surface area contributed by atoms with Gasteiger partial charge in [0, 0.05) is 31.3 Å². The highest BCUT2D eigenvalue weighted by molar-refractivity contribution is 7.85. The van der Waals surface area contributed by atoms with Gasteiger partial charge in [0.15, 0.2) is 0 Å². The first-order chi connectivity index (χ1) is 56.6. The van der Waals surface area contributed by atoms with Crippen LogP contribution in [0, 0.1) is 72.6 Å². The number of methoxy groups -OCH3 is 2. The van der Waals surface area contributed by atoms with Crippen LogP contribution >= 0.6 is 0 Å². The van der Waals surface area contributed by atoms with E-state index in [4.69, 9.17) is 45.2 Å². The van der Waals surface area contributed by atoms with Crippen molar-refractivity contribution in [2.75, 3.05) is 36.8 Å². The Morgan fingerprint density at radius 2 is 0.840 bits per heavy atom. The summed E-state index contributed by atoms with van der Waals surface area (Å²) < 4.78 is 99.2. The molecule has 0 aliphatic carbocycles. The number of rotatable bonds is 27. The number of nitrogen functional groups attached to an aromatic ring is 1. The van der Waals surface area contributed by atoms with Crippen LogP contribution in [0.1, 0.15) is 137 Å². The fraction of sp³-hybridized carbons (Fsp3) is 0.233. The second-order valence-corrected chi connectivity index (χ2v) is 29.3. The van der Waals surface area contributed by atoms with Crippen LogP contribution in [-0.2, 0) is 47.1 Å². The summed E-state index contributed by atoms with van der Waals surface area (Å²) in [5.41, 5.74) is 10.9. The molecule has 616 valence electrons. The molecule has 29 nitrogen and oxygen atoms in total. The maximum atomic E-state index is 14.6. The van der Waals surface area contributed by atoms with Crippen LogP contribution in [0.3, 0.4) is 0 Å². The lowest BCUT2D eigenvalue weighted by Gasteiger charge is -2.19. The molecule has 6 aromatic heterocycles. The Bertz CT molecular complexity index is 6190. The minimum Gasteiger partial charge on any atom is -0.497 e. The van der Waals surface area contributed by atoms with Crippen molar-refractivity contribution in [1.82, 2.24) is 44.0 Å². The molecular weight excluding hydrogens is 1560 g/mol. The lowest BCUT2D eigenvalue weighted by atomic mass is 10.1. The summed E-state index contributed by atoms with van der Waals surface area (Å²) in [6.45, 7) is 16.9. The zero-order valence-corrected chi connectivity index (χ0v) is 67.7. The number of halogens is 3. The van der Waals surface area contributed by atoms with Gasteiger partial charge in [0.2, 0.25) is 35.5 Å². The molecule has 0 aliphatic heterocycles. The molecule has 33 heteroatoms. The van der Waals surface area contributed by atoms with E-state index >= 15 is 0 Å². The second kappa shape index (κ2) is 42.1. The maximum absolute atomic E-state index is 14.6. The van der Waals surface area contributed by atoms with E-state index in [1.807, 2.05) is 133 Å². The summed E-state index contributed by atoms with van der Waals surface area (Å²) in [5, 5.41) is 32.4. The van der Waals surface area contributed by atoms with Gasteiger partial charge in [0.25, 0.3) is 26.8 Å². The van der Waals surface area contributed by atoms with Gasteiger partial charge in [-0.3, -0.25) is 47.6 Å². The summed E-state index contributed by atoms with van der Waals surface area (Å²) >= 11 is 0. The molecule has 11 rings (SSSR count). The van der Waals surface area contributed by atoms with Crippen molar-refractivity contribution >= 4 is 45.8 Å². The van der Waals surface area contributed by atoms with Crippen molar-refractivity contribution < 1.29 is 49.5 Å². The number of hydrogen-bond acceptors (Lipinski definition) is 23. The van der Waals surface area contributed by atoms with Gasteiger partial charge in [0.1, 0.15) is 46.2 Å². The first-order valence-electron chi connectivity index (χ1n) is 36.6. The molecule has 0 spiro atoms. The highest BCUT2D eigenvalue weighted by Gasteiger charge is 2.24. The van der Waals surface area contributed by atoms with Crippen LogP contribution in [0.15, 0.2) is 187 Å². The van der Waals surface area contributed by atoms with E-state index in [1.54, 1.807) is 88.8 Å². The summed E-state index contributed by atoms with van der Waals surface area (Å²) in [7, 11) is -0.408. The van der Waals surface area contributed by atoms with E-state index in [2.05, 4.69) is 49.7 Å². The number of benzene rings is 5. The number of hydrogen-bond donors (Lipinski definition) is 7. The Balaban J connectivity index is 0.000000204. The van der Waals surface area contributed by atoms with Crippen LogP contribution in [-0.4, -0.2) is 72.9 Å². The predicted molar refractivity (Wildman–Crippen MR) is 446 cm³/mol. The van der Waals surface area contributed by atoms with Crippen LogP contribution in [0.5, 0.6) is 46.4 Å². The van der Waals surface area contributed by atoms with E-state index in [0.29, 0.717) is 58.4 Å². The third-order valence-corrected chi connectivity index (χ3v) is 17.5. The largest absolute Gasteiger partial charge is 0.497 e. The molecule has 0 bridgehead atoms. The van der Waals surface area contributed by atoms with E-state index < -0.39 is 61.7 Å². The molecule has 0 amide bonds. The number of nitrogens with two attached hydrogens (primary N) is 1. The zero-order valence-electron chi connectivity index (χ0n) is 66.9. The Hall–Kier alpha value is -14.6. The molecule has 0 fully saturated rings. The Morgan fingerprint density at radius 3 is 1.22 bits per heavy atom. The van der Waals surface area contributed by atoms with Gasteiger partial charge < -0.3 is 40.1 Å². The number of nitrogens with zero attached hydrogens (tertiary/aromatic N) is 8. The van der Waals surface area contributed by atoms with Gasteiger partial charge in [0.05, 0.1) is 75.1 Å². The average molecular weight is 1640 g/mol. The number of aryl methyl sites for hydroxylation is 3. The first kappa shape index (κ1) is 89.9. The molecule has 0 unspecified atom stereocenters. The molecule has 0 saturated carbocycles. The number of aromatic amines is 4. The van der Waals surface area contributed by atoms with Crippen molar-refractivity contribution in [1.29, 1.82) is 15.8 Å². The van der Waals surface area contributed by atoms with Gasteiger partial charge in [-0.25, -0.2) is 29.3 Å². The topological polar surface area (TPSA) is 425 Å². The molecule has 6 heterocycles. The SMILES string of the molecule is COc1ccc(CNc2cc(COS(C)(=O)=O)cc(F)n2)cc1.COc1ccc(CNc2cc(Cn3c(Oc4cc(C)cc(/C=C/C#N)c4)c(C(C)C)c(=O)[nH]c3=O)cc(F)n2)cc1.Cc1cc(/C=C/C#N)cc(Oc2[nH]c(=O)[nH]c(=O)c2C(C)C)c1.Cc1cc(/C=C/C#N)cc(Oc2c(C(C)C)c(=O)[nH]c(=O)n2Cc2cc(N)nc(F)c2)c1. The number of aromatic nitrogens is 9. The van der Waals surface area contributed by atoms with Gasteiger partial charge in [-0.1, -0.05) is 84.0 Å². The first-order valence-corrected chi connectivity index (χ1v) is 38.4. The lowest BCUT2D eigenvalue weighted by Crippen LogP contribution is -2.34. The fourth-order valence-corrected chi connectivity index (χ4v) is 12.2. The van der Waals surface area contributed by atoms with Gasteiger partial charge >= 0.3 is 17.1 Å². The number of H-pyrrole nitrogens is 4. The van der Waals surface area contributed by atoms with E-state index in [1.165, 1.54) is 45.6 Å². The molecule has 119 heavy (non-hydrogen) atoms. The van der Waals surface area contributed by atoms with Crippen molar-refractivity contribution in [2.45, 2.75) is 113 Å². The molecule has 0 atom stereocenters. The number of ether oxygens (including phenoxy) is 5. The smallest absolute Gasteiger partial charge is 0.331 e. The molecule has 0 saturated heterocycles. The van der Waals surface area contributed by atoms with E-state index in [-0.39, 0.29) is 77.9 Å². The number of nitriles is 3. The van der Waals surface area contributed by atoms with Crippen LogP contribution < -0.4 is 73.8 Å². The molecule has 5 aromatic carbocycles. The van der Waals surface area contributed by atoms with E-state index in [0.717, 1.165) is 74.4 Å². The summed E-state index contributed by atoms with van der Waals surface area (Å²) in [6.07, 6.45) is 9.90. The number of pyridine rings is 3. The number of nitrogens with one attached hydrogen (secondary N) is 6. The molecular formula is C86H86F3N15O14S. The van der Waals surface area contributed by atoms with Crippen molar-refractivity contribution in [2.24, 2.45) is 0 Å². The Morgan fingerprint density at radius 1 is 0.471 bits per heavy atom. The van der Waals surface area contributed by atoms with Gasteiger partial charge in [-0.15, -0.1) is 0 Å². The normalized spacial score (nSPS) is 11.1. The third kappa shape index (κ3) is 27.3. The number of anilines is 3. The average Bonchev–Trinajstić information content (AvgIpc) is 0.784. The quantitative estimate of drug-likeness (QED) is 0.0143. The monoisotopic (exact) mass is 1640 g/mol. The molecule has 8 N–H and O–H groups in total. The Labute approximate surface area is 682 Å². The predicted octanol–water partition coefficient (Wildman–Crippen LogP) is 14.1. The molecule has 11 aromatic rings. The Kier molecular flexibility index (Phi) is 31.8. The van der Waals surface area contributed by atoms with Crippen molar-refractivity contribution in [3.8, 4) is 64.6 Å². The van der Waals surface area contributed by atoms with E-state index in [9.17, 15) is 50.4 Å². The van der Waals surface area contributed by atoms with Crippen molar-refractivity contribution in [3.63, 3.8) is 0 Å². The summed E-state index contributed by atoms with van der Waals surface area (Å²) in [4.78, 5) is 95.3. The standard InChI is InChI=1S/C31H30FN5O4.C23H22FN5O3.C17H17N3O3.C15H17FN2O4S/c1-19(2)28-29(38)36-31(39)37(30(28)41-25-13-20(3)12-22(14-25)6-5-11-33)18-23-15-26(32)35-27(16-23)34-17-21-7-9-24(40-4)10-8-21;1-13(2)20-21(30)28-23(31)29(12-16-10-18(24)27-19(26)11-16)22(20)32-17-8-14(3)7-15(9-17)5-4-6-25;1-10(2)14-15(21)19-17(22)20-16(14)23-13-8-11(3)7-12(9-13)5-4-6-18;1-21-13-5-3-11(4-6-13)9-17-15-8-12(7-14(16)18-15)10-22-23(2,19)20/h5-10,12-16,19H,17-18H2,1-4H3,(H,34,35)(H,36,38,39);4-5,7-11,13H,12H2,1-3H3,(H2,26,27)(H,28,30,31);4-5,7-10H,1-3H3,(H2,19,20,21,22);3-8H,9-10H2,1-2H3,(H,17,18)/b6-5+;2*5-4+;. The minimum absolute atomic E-state index is 0.0309. The highest BCUT2D eigenvalue weighted by atomic mass is 32.2. The third-order valence-electron chi connectivity index (χ3n) is 16.9. The molecule has 0 radical (unpaired) electrons. The lowest BCUT2D eigenvalue weighted by molar-refractivity contribution is 0.311. The minimum atomic E-state index is -3.59. The zero-order chi connectivity index (χ0) is 86.8. The fourth-order valence-electron chi connectivity index (χ4n) is 11.8. The van der Waals surface area contributed by atoms with Crippen molar-refractivity contribution in [3.05, 3.63) is 316 Å². The number of allylic oxidation sites excluding steroid dienone is 3. The van der Waals surface area contributed by atoms with Crippen LogP contribution in [0.2, 0.25) is 0 Å². The molecule has 0 aliphatic rings.